The maximum Gasteiger partial charge on any atom is 0.249 e. The predicted octanol–water partition coefficient (Wildman–Crippen LogP) is 7.89. The van der Waals surface area contributed by atoms with Crippen LogP contribution in [0.25, 0.3) is 0 Å². The molecule has 0 bridgehead atoms. The van der Waals surface area contributed by atoms with Crippen LogP contribution in [-0.2, 0) is 14.3 Å². The minimum Gasteiger partial charge on any atom is -0.394 e. The molecule has 1 aliphatic rings. The fraction of sp³-hybridized carbons (Fsp3) is 0.978. The van der Waals surface area contributed by atoms with E-state index in [0.29, 0.717) is 19.3 Å². The Morgan fingerprint density at radius 1 is 0.544 bits per heavy atom. The molecule has 1 heterocycles. The monoisotopic (exact) mass is 818 g/mol. The normalized spacial score (nSPS) is 22.0. The summed E-state index contributed by atoms with van der Waals surface area (Å²) in [4.78, 5) is 13.1. The zero-order valence-corrected chi connectivity index (χ0v) is 36.6. The minimum atomic E-state index is -1.66. The number of hydrogen-bond donors (Lipinski definition) is 8. The van der Waals surface area contributed by atoms with Crippen LogP contribution in [0.3, 0.4) is 0 Å². The van der Waals surface area contributed by atoms with E-state index in [2.05, 4.69) is 19.2 Å². The van der Waals surface area contributed by atoms with E-state index >= 15 is 0 Å². The molecule has 0 aromatic heterocycles. The summed E-state index contributed by atoms with van der Waals surface area (Å²) in [7, 11) is 0. The highest BCUT2D eigenvalue weighted by Crippen LogP contribution is 2.23. The second-order valence-corrected chi connectivity index (χ2v) is 17.2. The van der Waals surface area contributed by atoms with Crippen LogP contribution in [0, 0.1) is 0 Å². The van der Waals surface area contributed by atoms with Crippen molar-refractivity contribution in [3.63, 3.8) is 0 Å². The minimum absolute atomic E-state index is 0.266. The van der Waals surface area contributed by atoms with Crippen LogP contribution >= 0.6 is 0 Å². The van der Waals surface area contributed by atoms with Gasteiger partial charge in [-0.3, -0.25) is 4.79 Å². The lowest BCUT2D eigenvalue weighted by Gasteiger charge is -2.40. The molecule has 0 unspecified atom stereocenters. The van der Waals surface area contributed by atoms with Gasteiger partial charge in [0, 0.05) is 0 Å². The second kappa shape index (κ2) is 36.9. The fourth-order valence-corrected chi connectivity index (χ4v) is 7.91. The quantitative estimate of drug-likeness (QED) is 0.0283. The van der Waals surface area contributed by atoms with Gasteiger partial charge in [0.2, 0.25) is 5.91 Å². The van der Waals surface area contributed by atoms with Crippen molar-refractivity contribution in [3.8, 4) is 0 Å². The smallest absolute Gasteiger partial charge is 0.249 e. The highest BCUT2D eigenvalue weighted by Gasteiger charge is 2.44. The van der Waals surface area contributed by atoms with Crippen molar-refractivity contribution in [2.75, 3.05) is 13.2 Å². The van der Waals surface area contributed by atoms with Gasteiger partial charge in [-0.2, -0.15) is 0 Å². The molecule has 11 heteroatoms. The van der Waals surface area contributed by atoms with Gasteiger partial charge in [0.05, 0.1) is 25.4 Å². The molecule has 1 saturated heterocycles. The summed E-state index contributed by atoms with van der Waals surface area (Å²) in [6, 6.07) is -1.16. The van der Waals surface area contributed by atoms with E-state index in [1.54, 1.807) is 0 Å². The lowest BCUT2D eigenvalue weighted by atomic mass is 9.98. The molecular formula is C46H91NO10. The molecule has 0 radical (unpaired) electrons. The molecule has 1 aliphatic heterocycles. The maximum absolute atomic E-state index is 13.1. The summed E-state index contributed by atoms with van der Waals surface area (Å²) >= 11 is 0. The molecule has 11 nitrogen and oxygen atoms in total. The van der Waals surface area contributed by atoms with Crippen molar-refractivity contribution < 1.29 is 50.0 Å². The number of carbonyl (C=O) groups excluding carboxylic acids is 1. The van der Waals surface area contributed by atoms with E-state index in [0.717, 1.165) is 38.5 Å². The zero-order chi connectivity index (χ0) is 41.9. The Bertz CT molecular complexity index is 897. The van der Waals surface area contributed by atoms with E-state index in [9.17, 15) is 40.5 Å². The molecule has 0 aromatic carbocycles. The Balaban J connectivity index is 2.41. The first kappa shape index (κ1) is 54.1. The van der Waals surface area contributed by atoms with E-state index in [1.807, 2.05) is 0 Å². The highest BCUT2D eigenvalue weighted by atomic mass is 16.7. The van der Waals surface area contributed by atoms with Crippen molar-refractivity contribution in [3.05, 3.63) is 0 Å². The number of ether oxygens (including phenoxy) is 2. The van der Waals surface area contributed by atoms with Gasteiger partial charge in [0.15, 0.2) is 6.29 Å². The fourth-order valence-electron chi connectivity index (χ4n) is 7.91. The third-order valence-electron chi connectivity index (χ3n) is 11.9. The summed E-state index contributed by atoms with van der Waals surface area (Å²) < 4.78 is 11.1. The summed E-state index contributed by atoms with van der Waals surface area (Å²) in [5.41, 5.74) is 0. The molecule has 1 rings (SSSR count). The first-order chi connectivity index (χ1) is 27.7. The first-order valence-corrected chi connectivity index (χ1v) is 23.9. The summed E-state index contributed by atoms with van der Waals surface area (Å²) in [6.07, 6.45) is 25.8. The Morgan fingerprint density at radius 3 is 1.30 bits per heavy atom. The van der Waals surface area contributed by atoms with Crippen LogP contribution in [0.1, 0.15) is 219 Å². The van der Waals surface area contributed by atoms with Gasteiger partial charge < -0.3 is 50.5 Å². The van der Waals surface area contributed by atoms with Gasteiger partial charge in [-0.1, -0.05) is 206 Å². The lowest BCUT2D eigenvalue weighted by molar-refractivity contribution is -0.303. The molecule has 57 heavy (non-hydrogen) atoms. The van der Waals surface area contributed by atoms with Crippen LogP contribution in [0.15, 0.2) is 0 Å². The number of rotatable bonds is 40. The topological polar surface area (TPSA) is 189 Å². The van der Waals surface area contributed by atoms with Crippen molar-refractivity contribution in [2.24, 2.45) is 0 Å². The molecule has 9 atom stereocenters. The van der Waals surface area contributed by atoms with Crippen molar-refractivity contribution in [1.82, 2.24) is 5.32 Å². The lowest BCUT2D eigenvalue weighted by Crippen LogP contribution is -2.60. The van der Waals surface area contributed by atoms with Crippen molar-refractivity contribution >= 4 is 5.91 Å². The maximum atomic E-state index is 13.1. The Hall–Kier alpha value is -0.890. The van der Waals surface area contributed by atoms with Crippen molar-refractivity contribution in [1.29, 1.82) is 0 Å². The SMILES string of the molecule is CCCCCCCCCCCCCCCCCCCC[C@@H](O)C(=O)N[C@@H](CO[C@@H]1O[C@H](CO)[C@H](O)[C@H](O)[C@@H]1O)[C@H](O)[C@H](O)CCCCCCCCCCCCCC. The predicted molar refractivity (Wildman–Crippen MR) is 229 cm³/mol. The number of aliphatic hydroxyl groups is 7. The Kier molecular flexibility index (Phi) is 35.1. The van der Waals surface area contributed by atoms with E-state index in [4.69, 9.17) is 9.47 Å². The van der Waals surface area contributed by atoms with Gasteiger partial charge in [0.1, 0.15) is 36.6 Å². The van der Waals surface area contributed by atoms with E-state index < -0.39 is 74.2 Å². The summed E-state index contributed by atoms with van der Waals surface area (Å²) in [5.74, 6) is -0.694. The molecular weight excluding hydrogens is 727 g/mol. The number of carbonyl (C=O) groups is 1. The molecule has 8 N–H and O–H groups in total. The molecule has 1 fully saturated rings. The average molecular weight is 818 g/mol. The first-order valence-electron chi connectivity index (χ1n) is 23.9. The van der Waals surface area contributed by atoms with Crippen LogP contribution in [-0.4, -0.2) is 110 Å². The zero-order valence-electron chi connectivity index (χ0n) is 36.6. The largest absolute Gasteiger partial charge is 0.394 e. The van der Waals surface area contributed by atoms with Crippen LogP contribution < -0.4 is 5.32 Å². The van der Waals surface area contributed by atoms with Crippen LogP contribution in [0.5, 0.6) is 0 Å². The van der Waals surface area contributed by atoms with Gasteiger partial charge in [-0.05, 0) is 12.8 Å². The van der Waals surface area contributed by atoms with Gasteiger partial charge in [-0.15, -0.1) is 0 Å². The summed E-state index contributed by atoms with van der Waals surface area (Å²) in [6.45, 7) is 3.45. The molecule has 1 amide bonds. The molecule has 0 spiro atoms. The Labute approximate surface area is 348 Å². The average Bonchev–Trinajstić information content (AvgIpc) is 3.21. The van der Waals surface area contributed by atoms with Gasteiger partial charge in [0.25, 0.3) is 0 Å². The molecule has 0 aliphatic carbocycles. The van der Waals surface area contributed by atoms with Crippen molar-refractivity contribution in [2.45, 2.75) is 274 Å². The highest BCUT2D eigenvalue weighted by molar-refractivity contribution is 5.80. The number of aliphatic hydroxyl groups excluding tert-OH is 7. The number of amides is 1. The number of unbranched alkanes of at least 4 members (excludes halogenated alkanes) is 28. The summed E-state index contributed by atoms with van der Waals surface area (Å²) in [5, 5.41) is 75.6. The third-order valence-corrected chi connectivity index (χ3v) is 11.9. The van der Waals surface area contributed by atoms with Gasteiger partial charge >= 0.3 is 0 Å². The molecule has 340 valence electrons. The van der Waals surface area contributed by atoms with E-state index in [1.165, 1.54) is 141 Å². The number of hydrogen-bond acceptors (Lipinski definition) is 10. The van der Waals surface area contributed by atoms with Gasteiger partial charge in [-0.25, -0.2) is 0 Å². The number of nitrogens with one attached hydrogen (secondary N) is 1. The standard InChI is InChI=1S/C46H91NO10/c1-3-5-7-9-11-13-15-17-18-19-20-21-22-24-26-28-30-32-34-39(50)45(55)47-37(36-56-46-44(54)43(53)42(52)40(35-48)57-46)41(51)38(49)33-31-29-27-25-23-16-14-12-10-8-6-4-2/h37-44,46,48-54H,3-36H2,1-2H3,(H,47,55)/t37-,38+,39+,40+,41-,42-,43-,44-,46+/m0/s1. The van der Waals surface area contributed by atoms with Crippen LogP contribution in [0.4, 0.5) is 0 Å². The Morgan fingerprint density at radius 2 is 0.912 bits per heavy atom. The molecule has 0 aromatic rings. The third kappa shape index (κ3) is 26.8. The molecule has 0 saturated carbocycles. The van der Waals surface area contributed by atoms with Crippen LogP contribution in [0.2, 0.25) is 0 Å². The van der Waals surface area contributed by atoms with E-state index in [-0.39, 0.29) is 6.42 Å². The second-order valence-electron chi connectivity index (χ2n) is 17.2.